The summed E-state index contributed by atoms with van der Waals surface area (Å²) >= 11 is 1.66. The zero-order valence-corrected chi connectivity index (χ0v) is 11.1. The third-order valence-corrected chi connectivity index (χ3v) is 3.40. The van der Waals surface area contributed by atoms with Gasteiger partial charge in [-0.05, 0) is 17.7 Å². The van der Waals surface area contributed by atoms with E-state index in [1.807, 2.05) is 30.3 Å². The summed E-state index contributed by atoms with van der Waals surface area (Å²) in [6, 6.07) is 9.21. The van der Waals surface area contributed by atoms with Gasteiger partial charge in [-0.2, -0.15) is 11.8 Å². The van der Waals surface area contributed by atoms with Crippen molar-refractivity contribution < 1.29 is 14.7 Å². The summed E-state index contributed by atoms with van der Waals surface area (Å²) in [4.78, 5) is 21.7. The van der Waals surface area contributed by atoms with Crippen molar-refractivity contribution in [2.24, 2.45) is 0 Å². The Kier molecular flexibility index (Phi) is 6.28. The Balaban J connectivity index is 2.27. The fourth-order valence-corrected chi connectivity index (χ4v) is 2.44. The van der Waals surface area contributed by atoms with Gasteiger partial charge >= 0.3 is 5.97 Å². The Morgan fingerprint density at radius 1 is 1.33 bits per heavy atom. The molecule has 98 valence electrons. The summed E-state index contributed by atoms with van der Waals surface area (Å²) in [5.74, 6) is 0.264. The summed E-state index contributed by atoms with van der Waals surface area (Å²) in [5.41, 5.74) is 1.22. The largest absolute Gasteiger partial charge is 0.480 e. The fraction of sp³-hybridized carbons (Fsp3) is 0.385. The van der Waals surface area contributed by atoms with Gasteiger partial charge < -0.3 is 10.4 Å². The van der Waals surface area contributed by atoms with Crippen LogP contribution in [0.5, 0.6) is 0 Å². The molecule has 5 heteroatoms. The topological polar surface area (TPSA) is 66.4 Å². The molecule has 1 amide bonds. The summed E-state index contributed by atoms with van der Waals surface area (Å²) in [6.07, 6.45) is 0.437. The smallest absolute Gasteiger partial charge is 0.326 e. The van der Waals surface area contributed by atoms with E-state index in [4.69, 9.17) is 5.11 Å². The van der Waals surface area contributed by atoms with Gasteiger partial charge in [0.1, 0.15) is 6.04 Å². The number of aliphatic carboxylic acids is 1. The van der Waals surface area contributed by atoms with E-state index in [9.17, 15) is 9.59 Å². The highest BCUT2D eigenvalue weighted by Crippen LogP contribution is 2.13. The van der Waals surface area contributed by atoms with Gasteiger partial charge in [0.15, 0.2) is 0 Å². The molecule has 1 aromatic carbocycles. The van der Waals surface area contributed by atoms with Crippen LogP contribution in [-0.2, 0) is 15.3 Å². The van der Waals surface area contributed by atoms with Crippen molar-refractivity contribution in [2.75, 3.05) is 5.75 Å². The predicted octanol–water partition coefficient (Wildman–Crippen LogP) is 1.90. The van der Waals surface area contributed by atoms with Crippen molar-refractivity contribution in [3.8, 4) is 0 Å². The molecule has 1 aromatic rings. The first-order valence-corrected chi connectivity index (χ1v) is 6.86. The number of amides is 1. The molecule has 4 nitrogen and oxygen atoms in total. The molecule has 0 heterocycles. The Bertz CT molecular complexity index is 394. The van der Waals surface area contributed by atoms with Gasteiger partial charge in [-0.1, -0.05) is 30.3 Å². The highest BCUT2D eigenvalue weighted by molar-refractivity contribution is 7.98. The molecule has 0 unspecified atom stereocenters. The number of carboxylic acids is 1. The molecule has 18 heavy (non-hydrogen) atoms. The maximum absolute atomic E-state index is 10.9. The van der Waals surface area contributed by atoms with Crippen molar-refractivity contribution in [3.05, 3.63) is 35.9 Å². The highest BCUT2D eigenvalue weighted by atomic mass is 32.2. The number of thioether (sulfide) groups is 1. The number of carboxylic acid groups (broad SMARTS) is 1. The maximum Gasteiger partial charge on any atom is 0.326 e. The molecule has 0 radical (unpaired) electrons. The van der Waals surface area contributed by atoms with E-state index in [1.165, 1.54) is 12.5 Å². The molecule has 2 N–H and O–H groups in total. The molecule has 0 bridgehead atoms. The highest BCUT2D eigenvalue weighted by Gasteiger charge is 2.17. The molecule has 0 saturated heterocycles. The van der Waals surface area contributed by atoms with Crippen molar-refractivity contribution in [2.45, 2.75) is 25.1 Å². The van der Waals surface area contributed by atoms with E-state index in [1.54, 1.807) is 11.8 Å². The van der Waals surface area contributed by atoms with Crippen LogP contribution in [0, 0.1) is 0 Å². The van der Waals surface area contributed by atoms with E-state index in [0.717, 1.165) is 5.75 Å². The number of carbonyl (C=O) groups is 2. The lowest BCUT2D eigenvalue weighted by molar-refractivity contribution is -0.141. The van der Waals surface area contributed by atoms with Crippen LogP contribution in [0.25, 0.3) is 0 Å². The standard InChI is InChI=1S/C13H17NO3S/c1-10(15)14-12(13(16)17)7-8-18-9-11-5-3-2-4-6-11/h2-6,12H,7-9H2,1H3,(H,14,15)(H,16,17)/t12-/m1/s1. The zero-order valence-electron chi connectivity index (χ0n) is 10.3. The normalized spacial score (nSPS) is 11.8. The molecule has 0 spiro atoms. The molecule has 0 aromatic heterocycles. The van der Waals surface area contributed by atoms with Crippen LogP contribution in [-0.4, -0.2) is 28.8 Å². The lowest BCUT2D eigenvalue weighted by Crippen LogP contribution is -2.39. The average molecular weight is 267 g/mol. The average Bonchev–Trinajstić information content (AvgIpc) is 2.33. The van der Waals surface area contributed by atoms with Crippen LogP contribution >= 0.6 is 11.8 Å². The minimum absolute atomic E-state index is 0.310. The lowest BCUT2D eigenvalue weighted by atomic mass is 10.2. The number of nitrogens with one attached hydrogen (secondary N) is 1. The number of carbonyl (C=O) groups excluding carboxylic acids is 1. The van der Waals surface area contributed by atoms with Crippen LogP contribution in [0.4, 0.5) is 0 Å². The Morgan fingerprint density at radius 3 is 2.56 bits per heavy atom. The molecular weight excluding hydrogens is 250 g/mol. The van der Waals surface area contributed by atoms with Crippen LogP contribution in [0.3, 0.4) is 0 Å². The van der Waals surface area contributed by atoms with Crippen molar-refractivity contribution in [1.82, 2.24) is 5.32 Å². The van der Waals surface area contributed by atoms with Gasteiger partial charge in [0.05, 0.1) is 0 Å². The molecular formula is C13H17NO3S. The summed E-state index contributed by atoms with van der Waals surface area (Å²) in [7, 11) is 0. The van der Waals surface area contributed by atoms with Crippen LogP contribution < -0.4 is 5.32 Å². The molecule has 0 fully saturated rings. The first-order chi connectivity index (χ1) is 8.59. The first-order valence-electron chi connectivity index (χ1n) is 5.71. The van der Waals surface area contributed by atoms with Gasteiger partial charge in [0.2, 0.25) is 5.91 Å². The number of hydrogen-bond donors (Lipinski definition) is 2. The summed E-state index contributed by atoms with van der Waals surface area (Å²) in [5, 5.41) is 11.3. The predicted molar refractivity (Wildman–Crippen MR) is 72.5 cm³/mol. The monoisotopic (exact) mass is 267 g/mol. The van der Waals surface area contributed by atoms with Crippen molar-refractivity contribution in [1.29, 1.82) is 0 Å². The van der Waals surface area contributed by atoms with Crippen molar-refractivity contribution >= 4 is 23.6 Å². The van der Waals surface area contributed by atoms with E-state index < -0.39 is 12.0 Å². The Hall–Kier alpha value is -1.49. The van der Waals surface area contributed by atoms with Crippen LogP contribution in [0.15, 0.2) is 30.3 Å². The van der Waals surface area contributed by atoms with Gasteiger partial charge in [-0.25, -0.2) is 4.79 Å². The van der Waals surface area contributed by atoms with Crippen molar-refractivity contribution in [3.63, 3.8) is 0 Å². The minimum atomic E-state index is -0.981. The SMILES string of the molecule is CC(=O)N[C@H](CCSCc1ccccc1)C(=O)O. The first kappa shape index (κ1) is 14.6. The third kappa shape index (κ3) is 5.72. The van der Waals surface area contributed by atoms with E-state index in [-0.39, 0.29) is 5.91 Å². The molecule has 0 aliphatic rings. The van der Waals surface area contributed by atoms with E-state index in [0.29, 0.717) is 12.2 Å². The maximum atomic E-state index is 10.9. The van der Waals surface area contributed by atoms with Gasteiger partial charge in [-0.15, -0.1) is 0 Å². The summed E-state index contributed by atoms with van der Waals surface area (Å²) in [6.45, 7) is 1.33. The molecule has 0 aliphatic carbocycles. The Labute approximate surface area is 111 Å². The molecule has 1 rings (SSSR count). The quantitative estimate of drug-likeness (QED) is 0.740. The van der Waals surface area contributed by atoms with Gasteiger partial charge in [0, 0.05) is 12.7 Å². The Morgan fingerprint density at radius 2 is 2.00 bits per heavy atom. The van der Waals surface area contributed by atoms with E-state index >= 15 is 0 Å². The second kappa shape index (κ2) is 7.76. The molecule has 1 atom stereocenters. The second-order valence-corrected chi connectivity index (χ2v) is 5.02. The minimum Gasteiger partial charge on any atom is -0.480 e. The third-order valence-electron chi connectivity index (χ3n) is 2.34. The fourth-order valence-electron chi connectivity index (χ4n) is 1.47. The second-order valence-electron chi connectivity index (χ2n) is 3.92. The lowest BCUT2D eigenvalue weighted by Gasteiger charge is -2.12. The van der Waals surface area contributed by atoms with Crippen LogP contribution in [0.2, 0.25) is 0 Å². The number of hydrogen-bond acceptors (Lipinski definition) is 3. The zero-order chi connectivity index (χ0) is 13.4. The molecule has 0 saturated carbocycles. The number of rotatable bonds is 7. The van der Waals surface area contributed by atoms with Gasteiger partial charge in [0.25, 0.3) is 0 Å². The van der Waals surface area contributed by atoms with E-state index in [2.05, 4.69) is 5.32 Å². The van der Waals surface area contributed by atoms with Gasteiger partial charge in [-0.3, -0.25) is 4.79 Å². The number of benzene rings is 1. The van der Waals surface area contributed by atoms with Crippen LogP contribution in [0.1, 0.15) is 18.9 Å². The summed E-state index contributed by atoms with van der Waals surface area (Å²) < 4.78 is 0. The molecule has 0 aliphatic heterocycles.